The Hall–Kier alpha value is -1.35. The predicted molar refractivity (Wildman–Crippen MR) is 92.3 cm³/mol. The summed E-state index contributed by atoms with van der Waals surface area (Å²) in [6, 6.07) is 9.01. The lowest BCUT2D eigenvalue weighted by atomic mass is 9.73. The zero-order chi connectivity index (χ0) is 15.7. The summed E-state index contributed by atoms with van der Waals surface area (Å²) in [5.74, 6) is 1.15. The fraction of sp³-hybridized carbons (Fsp3) is 0.650. The molecule has 1 atom stereocenters. The van der Waals surface area contributed by atoms with Gasteiger partial charge in [0.05, 0.1) is 5.41 Å². The van der Waals surface area contributed by atoms with Crippen molar-refractivity contribution >= 4 is 5.91 Å². The number of amides is 1. The molecule has 0 bridgehead atoms. The summed E-state index contributed by atoms with van der Waals surface area (Å²) in [4.78, 5) is 13.1. The second kappa shape index (κ2) is 6.27. The molecular formula is C20H28N2O. The Morgan fingerprint density at radius 2 is 1.87 bits per heavy atom. The van der Waals surface area contributed by atoms with Crippen molar-refractivity contribution in [2.45, 2.75) is 57.4 Å². The van der Waals surface area contributed by atoms with Crippen molar-refractivity contribution in [2.75, 3.05) is 13.1 Å². The van der Waals surface area contributed by atoms with Gasteiger partial charge in [-0.1, -0.05) is 37.1 Å². The third kappa shape index (κ3) is 3.30. The van der Waals surface area contributed by atoms with E-state index in [9.17, 15) is 4.79 Å². The molecule has 2 fully saturated rings. The molecule has 0 spiro atoms. The summed E-state index contributed by atoms with van der Waals surface area (Å²) < 4.78 is 0. The van der Waals surface area contributed by atoms with Crippen molar-refractivity contribution in [3.63, 3.8) is 0 Å². The van der Waals surface area contributed by atoms with Gasteiger partial charge in [-0.15, -0.1) is 0 Å². The molecule has 1 unspecified atom stereocenters. The number of benzene rings is 1. The van der Waals surface area contributed by atoms with Gasteiger partial charge in [0, 0.05) is 6.04 Å². The summed E-state index contributed by atoms with van der Waals surface area (Å²) in [5.41, 5.74) is 2.79. The number of hydrogen-bond acceptors (Lipinski definition) is 2. The zero-order valence-electron chi connectivity index (χ0n) is 13.9. The molecule has 1 saturated carbocycles. The number of piperidine rings is 1. The second-order valence-electron chi connectivity index (χ2n) is 7.86. The Kier molecular flexibility index (Phi) is 4.14. The van der Waals surface area contributed by atoms with E-state index in [0.717, 1.165) is 57.5 Å². The maximum absolute atomic E-state index is 13.1. The van der Waals surface area contributed by atoms with Crippen molar-refractivity contribution in [3.05, 3.63) is 35.4 Å². The standard InChI is InChI=1S/C20H28N2O/c23-19(20(14-15-5-6-15)9-11-21-12-10-20)22-18-8-7-16-3-1-2-4-17(16)13-18/h1-4,15,18,21H,5-14H2,(H,22,23). The number of carbonyl (C=O) groups is 1. The molecule has 1 aromatic carbocycles. The Labute approximate surface area is 139 Å². The SMILES string of the molecule is O=C(NC1CCc2ccccc2C1)C1(CC2CC2)CCNCC1. The summed E-state index contributed by atoms with van der Waals surface area (Å²) in [5, 5.41) is 6.86. The smallest absolute Gasteiger partial charge is 0.226 e. The molecule has 124 valence electrons. The molecule has 1 amide bonds. The molecule has 0 radical (unpaired) electrons. The van der Waals surface area contributed by atoms with Crippen LogP contribution in [0.15, 0.2) is 24.3 Å². The molecule has 1 heterocycles. The third-order valence-corrected chi connectivity index (χ3v) is 6.10. The van der Waals surface area contributed by atoms with Gasteiger partial charge in [-0.3, -0.25) is 4.79 Å². The van der Waals surface area contributed by atoms with E-state index in [2.05, 4.69) is 34.9 Å². The van der Waals surface area contributed by atoms with Crippen LogP contribution in [-0.2, 0) is 17.6 Å². The van der Waals surface area contributed by atoms with E-state index >= 15 is 0 Å². The van der Waals surface area contributed by atoms with Crippen LogP contribution < -0.4 is 10.6 Å². The van der Waals surface area contributed by atoms with Crippen LogP contribution in [0.2, 0.25) is 0 Å². The molecule has 2 N–H and O–H groups in total. The van der Waals surface area contributed by atoms with E-state index in [1.807, 2.05) is 0 Å². The maximum atomic E-state index is 13.1. The zero-order valence-corrected chi connectivity index (χ0v) is 13.9. The van der Waals surface area contributed by atoms with E-state index < -0.39 is 0 Å². The van der Waals surface area contributed by atoms with Gasteiger partial charge in [0.25, 0.3) is 0 Å². The Morgan fingerprint density at radius 3 is 2.61 bits per heavy atom. The fourth-order valence-corrected chi connectivity index (χ4v) is 4.46. The average Bonchev–Trinajstić information content (AvgIpc) is 3.39. The van der Waals surface area contributed by atoms with Gasteiger partial charge in [-0.2, -0.15) is 0 Å². The second-order valence-corrected chi connectivity index (χ2v) is 7.86. The molecule has 4 rings (SSSR count). The van der Waals surface area contributed by atoms with Gasteiger partial charge in [0.15, 0.2) is 0 Å². The summed E-state index contributed by atoms with van der Waals surface area (Å²) >= 11 is 0. The van der Waals surface area contributed by atoms with Crippen molar-refractivity contribution in [1.82, 2.24) is 10.6 Å². The van der Waals surface area contributed by atoms with Crippen molar-refractivity contribution in [3.8, 4) is 0 Å². The predicted octanol–water partition coefficient (Wildman–Crippen LogP) is 2.83. The number of nitrogens with one attached hydrogen (secondary N) is 2. The highest BCUT2D eigenvalue weighted by Gasteiger charge is 2.44. The van der Waals surface area contributed by atoms with Gasteiger partial charge >= 0.3 is 0 Å². The lowest BCUT2D eigenvalue weighted by Crippen LogP contribution is -2.51. The molecule has 3 heteroatoms. The molecule has 1 aliphatic heterocycles. The number of carbonyl (C=O) groups excluding carboxylic acids is 1. The molecule has 3 aliphatic rings. The summed E-state index contributed by atoms with van der Waals surface area (Å²) in [7, 11) is 0. The maximum Gasteiger partial charge on any atom is 0.226 e. The first kappa shape index (κ1) is 15.2. The molecule has 1 aromatic rings. The first-order valence-electron chi connectivity index (χ1n) is 9.34. The fourth-order valence-electron chi connectivity index (χ4n) is 4.46. The minimum absolute atomic E-state index is 0.0939. The molecule has 0 aromatic heterocycles. The van der Waals surface area contributed by atoms with E-state index in [-0.39, 0.29) is 5.41 Å². The van der Waals surface area contributed by atoms with Gasteiger partial charge in [0.2, 0.25) is 5.91 Å². The summed E-state index contributed by atoms with van der Waals surface area (Å²) in [6.07, 6.45) is 8.98. The van der Waals surface area contributed by atoms with Gasteiger partial charge in [0.1, 0.15) is 0 Å². The van der Waals surface area contributed by atoms with Crippen LogP contribution in [0.4, 0.5) is 0 Å². The molecule has 1 saturated heterocycles. The van der Waals surface area contributed by atoms with Crippen LogP contribution in [0.5, 0.6) is 0 Å². The van der Waals surface area contributed by atoms with Crippen molar-refractivity contribution in [1.29, 1.82) is 0 Å². The summed E-state index contributed by atoms with van der Waals surface area (Å²) in [6.45, 7) is 1.99. The first-order chi connectivity index (χ1) is 11.3. The quantitative estimate of drug-likeness (QED) is 0.897. The minimum atomic E-state index is -0.0939. The van der Waals surface area contributed by atoms with Crippen LogP contribution in [0.1, 0.15) is 49.7 Å². The van der Waals surface area contributed by atoms with Gasteiger partial charge in [-0.25, -0.2) is 0 Å². The van der Waals surface area contributed by atoms with Crippen LogP contribution in [-0.4, -0.2) is 25.0 Å². The van der Waals surface area contributed by atoms with E-state index in [1.54, 1.807) is 0 Å². The largest absolute Gasteiger partial charge is 0.353 e. The Bertz CT molecular complexity index is 573. The number of fused-ring (bicyclic) bond motifs is 1. The number of hydrogen-bond donors (Lipinski definition) is 2. The van der Waals surface area contributed by atoms with E-state index in [0.29, 0.717) is 11.9 Å². The number of aryl methyl sites for hydroxylation is 1. The molecule has 3 nitrogen and oxygen atoms in total. The third-order valence-electron chi connectivity index (χ3n) is 6.10. The normalized spacial score (nSPS) is 26.3. The molecule has 23 heavy (non-hydrogen) atoms. The van der Waals surface area contributed by atoms with E-state index in [4.69, 9.17) is 0 Å². The highest BCUT2D eigenvalue weighted by molar-refractivity contribution is 5.83. The van der Waals surface area contributed by atoms with Crippen molar-refractivity contribution < 1.29 is 4.79 Å². The lowest BCUT2D eigenvalue weighted by molar-refractivity contribution is -0.134. The lowest BCUT2D eigenvalue weighted by Gasteiger charge is -2.38. The minimum Gasteiger partial charge on any atom is -0.353 e. The molecular weight excluding hydrogens is 284 g/mol. The van der Waals surface area contributed by atoms with E-state index in [1.165, 1.54) is 24.0 Å². The average molecular weight is 312 g/mol. The van der Waals surface area contributed by atoms with Gasteiger partial charge < -0.3 is 10.6 Å². The van der Waals surface area contributed by atoms with Crippen LogP contribution >= 0.6 is 0 Å². The number of rotatable bonds is 4. The Morgan fingerprint density at radius 1 is 1.13 bits per heavy atom. The highest BCUT2D eigenvalue weighted by Crippen LogP contribution is 2.45. The Balaban J connectivity index is 1.43. The van der Waals surface area contributed by atoms with Gasteiger partial charge in [-0.05, 0) is 68.7 Å². The van der Waals surface area contributed by atoms with Crippen molar-refractivity contribution in [2.24, 2.45) is 11.3 Å². The van der Waals surface area contributed by atoms with Crippen LogP contribution in [0.25, 0.3) is 0 Å². The first-order valence-corrected chi connectivity index (χ1v) is 9.34. The highest BCUT2D eigenvalue weighted by atomic mass is 16.2. The van der Waals surface area contributed by atoms with Crippen LogP contribution in [0, 0.1) is 11.3 Å². The van der Waals surface area contributed by atoms with Crippen LogP contribution in [0.3, 0.4) is 0 Å². The molecule has 2 aliphatic carbocycles. The monoisotopic (exact) mass is 312 g/mol. The topological polar surface area (TPSA) is 41.1 Å².